The molecular weight excluding hydrogens is 368 g/mol. The molecule has 1 saturated heterocycles. The van der Waals surface area contributed by atoms with Crippen molar-refractivity contribution in [3.63, 3.8) is 0 Å². The normalized spacial score (nSPS) is 14.9. The molecule has 1 aliphatic heterocycles. The Balaban J connectivity index is 1.44. The van der Waals surface area contributed by atoms with Gasteiger partial charge in [0.25, 0.3) is 0 Å². The zero-order valence-corrected chi connectivity index (χ0v) is 17.5. The van der Waals surface area contributed by atoms with Crippen LogP contribution in [0.15, 0.2) is 30.5 Å². The smallest absolute Gasteiger partial charge is 0.227 e. The van der Waals surface area contributed by atoms with E-state index >= 15 is 0 Å². The van der Waals surface area contributed by atoms with Gasteiger partial charge in [-0.2, -0.15) is 0 Å². The molecule has 2 aromatic rings. The number of para-hydroxylation sites is 1. The van der Waals surface area contributed by atoms with Crippen LogP contribution in [0.25, 0.3) is 10.9 Å². The molecule has 7 heteroatoms. The standard InChI is InChI=1S/C22H30N4O3/c1-22(2,3)21(29)23-9-8-19(27)25-10-12-26(13-11-25)20(28)14-16-15-24-18-7-5-4-6-17(16)18/h4-7,15,24H,8-14H2,1-3H3,(H,23,29). The van der Waals surface area contributed by atoms with E-state index in [2.05, 4.69) is 10.3 Å². The lowest BCUT2D eigenvalue weighted by Crippen LogP contribution is -2.51. The van der Waals surface area contributed by atoms with E-state index in [0.717, 1.165) is 16.5 Å². The fourth-order valence-electron chi connectivity index (χ4n) is 3.46. The van der Waals surface area contributed by atoms with Crippen LogP contribution >= 0.6 is 0 Å². The molecule has 0 aliphatic carbocycles. The Bertz CT molecular complexity index is 889. The van der Waals surface area contributed by atoms with Gasteiger partial charge in [-0.05, 0) is 11.6 Å². The molecule has 0 spiro atoms. The highest BCUT2D eigenvalue weighted by Crippen LogP contribution is 2.19. The zero-order chi connectivity index (χ0) is 21.0. The van der Waals surface area contributed by atoms with Gasteiger partial charge < -0.3 is 20.1 Å². The van der Waals surface area contributed by atoms with Crippen molar-refractivity contribution in [1.82, 2.24) is 20.1 Å². The third-order valence-electron chi connectivity index (χ3n) is 5.31. The predicted octanol–water partition coefficient (Wildman–Crippen LogP) is 1.93. The zero-order valence-electron chi connectivity index (χ0n) is 17.5. The summed E-state index contributed by atoms with van der Waals surface area (Å²) in [7, 11) is 0. The molecular formula is C22H30N4O3. The van der Waals surface area contributed by atoms with E-state index in [1.807, 2.05) is 56.1 Å². The molecule has 7 nitrogen and oxygen atoms in total. The Kier molecular flexibility index (Phi) is 6.25. The van der Waals surface area contributed by atoms with Crippen molar-refractivity contribution in [2.75, 3.05) is 32.7 Å². The lowest BCUT2D eigenvalue weighted by Gasteiger charge is -2.35. The summed E-state index contributed by atoms with van der Waals surface area (Å²) in [6, 6.07) is 7.95. The van der Waals surface area contributed by atoms with Gasteiger partial charge in [0.2, 0.25) is 17.7 Å². The van der Waals surface area contributed by atoms with Gasteiger partial charge in [0, 0.05) is 61.7 Å². The molecule has 0 radical (unpaired) electrons. The molecule has 1 aromatic carbocycles. The number of benzene rings is 1. The predicted molar refractivity (Wildman–Crippen MR) is 112 cm³/mol. The van der Waals surface area contributed by atoms with Crippen molar-refractivity contribution in [2.45, 2.75) is 33.6 Å². The SMILES string of the molecule is CC(C)(C)C(=O)NCCC(=O)N1CCN(C(=O)Cc2c[nH]c3ccccc23)CC1. The molecule has 0 saturated carbocycles. The number of hydrogen-bond donors (Lipinski definition) is 2. The highest BCUT2D eigenvalue weighted by Gasteiger charge is 2.25. The maximum atomic E-state index is 12.7. The highest BCUT2D eigenvalue weighted by atomic mass is 16.2. The Morgan fingerprint density at radius 2 is 1.62 bits per heavy atom. The summed E-state index contributed by atoms with van der Waals surface area (Å²) >= 11 is 0. The molecule has 2 N–H and O–H groups in total. The number of H-pyrrole nitrogens is 1. The van der Waals surface area contributed by atoms with Crippen molar-refractivity contribution in [1.29, 1.82) is 0 Å². The minimum atomic E-state index is -0.459. The lowest BCUT2D eigenvalue weighted by molar-refractivity contribution is -0.139. The Hall–Kier alpha value is -2.83. The molecule has 156 valence electrons. The van der Waals surface area contributed by atoms with Crippen LogP contribution in [0.4, 0.5) is 0 Å². The van der Waals surface area contributed by atoms with Gasteiger partial charge in [-0.25, -0.2) is 0 Å². The van der Waals surface area contributed by atoms with Crippen LogP contribution in [0.2, 0.25) is 0 Å². The Morgan fingerprint density at radius 3 is 2.28 bits per heavy atom. The largest absolute Gasteiger partial charge is 0.361 e. The first-order chi connectivity index (χ1) is 13.8. The van der Waals surface area contributed by atoms with E-state index in [1.54, 1.807) is 4.90 Å². The summed E-state index contributed by atoms with van der Waals surface area (Å²) < 4.78 is 0. The van der Waals surface area contributed by atoms with Crippen LogP contribution in [0.1, 0.15) is 32.8 Å². The molecule has 0 bridgehead atoms. The van der Waals surface area contributed by atoms with Crippen molar-refractivity contribution in [2.24, 2.45) is 5.41 Å². The first-order valence-corrected chi connectivity index (χ1v) is 10.1. The first kappa shape index (κ1) is 20.9. The van der Waals surface area contributed by atoms with Crippen molar-refractivity contribution in [3.05, 3.63) is 36.0 Å². The van der Waals surface area contributed by atoms with Gasteiger partial charge in [-0.3, -0.25) is 14.4 Å². The number of nitrogens with one attached hydrogen (secondary N) is 2. The van der Waals surface area contributed by atoms with Crippen LogP contribution in [-0.2, 0) is 20.8 Å². The number of aromatic amines is 1. The van der Waals surface area contributed by atoms with Gasteiger partial charge in [0.1, 0.15) is 0 Å². The second-order valence-corrected chi connectivity index (χ2v) is 8.55. The molecule has 1 aliphatic rings. The van der Waals surface area contributed by atoms with E-state index in [-0.39, 0.29) is 24.1 Å². The lowest BCUT2D eigenvalue weighted by atomic mass is 9.96. The Labute approximate surface area is 171 Å². The van der Waals surface area contributed by atoms with Gasteiger partial charge >= 0.3 is 0 Å². The monoisotopic (exact) mass is 398 g/mol. The number of aromatic nitrogens is 1. The number of amides is 3. The molecule has 29 heavy (non-hydrogen) atoms. The molecule has 2 heterocycles. The Morgan fingerprint density at radius 1 is 1.00 bits per heavy atom. The number of fused-ring (bicyclic) bond motifs is 1. The van der Waals surface area contributed by atoms with Crippen molar-refractivity contribution < 1.29 is 14.4 Å². The number of rotatable bonds is 5. The van der Waals surface area contributed by atoms with Gasteiger partial charge in [0.05, 0.1) is 6.42 Å². The first-order valence-electron chi connectivity index (χ1n) is 10.1. The van der Waals surface area contributed by atoms with Crippen molar-refractivity contribution >= 4 is 28.6 Å². The summed E-state index contributed by atoms with van der Waals surface area (Å²) in [5, 5.41) is 3.88. The highest BCUT2D eigenvalue weighted by molar-refractivity contribution is 5.89. The summed E-state index contributed by atoms with van der Waals surface area (Å²) in [5.74, 6) is 0.0419. The maximum absolute atomic E-state index is 12.7. The summed E-state index contributed by atoms with van der Waals surface area (Å²) in [6.07, 6.45) is 2.54. The van der Waals surface area contributed by atoms with Crippen LogP contribution in [0.5, 0.6) is 0 Å². The second kappa shape index (κ2) is 8.68. The minimum absolute atomic E-state index is 0.0166. The number of carbonyl (C=O) groups excluding carboxylic acids is 3. The molecule has 0 atom stereocenters. The molecule has 3 rings (SSSR count). The third kappa shape index (κ3) is 5.16. The van der Waals surface area contributed by atoms with E-state index in [9.17, 15) is 14.4 Å². The topological polar surface area (TPSA) is 85.5 Å². The van der Waals surface area contributed by atoms with Gasteiger partial charge in [-0.1, -0.05) is 39.0 Å². The fraction of sp³-hybridized carbons (Fsp3) is 0.500. The number of piperazine rings is 1. The average Bonchev–Trinajstić information content (AvgIpc) is 3.10. The van der Waals surface area contributed by atoms with E-state index < -0.39 is 5.41 Å². The van der Waals surface area contributed by atoms with Crippen LogP contribution in [-0.4, -0.2) is 65.2 Å². The van der Waals surface area contributed by atoms with Crippen LogP contribution in [0, 0.1) is 5.41 Å². The van der Waals surface area contributed by atoms with Gasteiger partial charge in [-0.15, -0.1) is 0 Å². The quantitative estimate of drug-likeness (QED) is 0.807. The van der Waals surface area contributed by atoms with Gasteiger partial charge in [0.15, 0.2) is 0 Å². The number of carbonyl (C=O) groups is 3. The average molecular weight is 399 g/mol. The van der Waals surface area contributed by atoms with E-state index in [0.29, 0.717) is 39.1 Å². The van der Waals surface area contributed by atoms with E-state index in [4.69, 9.17) is 0 Å². The molecule has 0 unspecified atom stereocenters. The van der Waals surface area contributed by atoms with Crippen LogP contribution in [0.3, 0.4) is 0 Å². The summed E-state index contributed by atoms with van der Waals surface area (Å²) in [5.41, 5.74) is 1.57. The molecule has 1 fully saturated rings. The van der Waals surface area contributed by atoms with Crippen molar-refractivity contribution in [3.8, 4) is 0 Å². The summed E-state index contributed by atoms with van der Waals surface area (Å²) in [4.78, 5) is 43.7. The second-order valence-electron chi connectivity index (χ2n) is 8.55. The maximum Gasteiger partial charge on any atom is 0.227 e. The molecule has 3 amide bonds. The minimum Gasteiger partial charge on any atom is -0.361 e. The third-order valence-corrected chi connectivity index (χ3v) is 5.31. The summed E-state index contributed by atoms with van der Waals surface area (Å²) in [6.45, 7) is 8.03. The number of nitrogens with zero attached hydrogens (tertiary/aromatic N) is 2. The molecule has 1 aromatic heterocycles. The van der Waals surface area contributed by atoms with Crippen LogP contribution < -0.4 is 5.32 Å². The number of hydrogen-bond acceptors (Lipinski definition) is 3. The fourth-order valence-corrected chi connectivity index (χ4v) is 3.46. The van der Waals surface area contributed by atoms with E-state index in [1.165, 1.54) is 0 Å².